The zero-order chi connectivity index (χ0) is 21.2. The smallest absolute Gasteiger partial charge is 0.412 e. The third kappa shape index (κ3) is 7.34. The molecule has 0 aromatic heterocycles. The van der Waals surface area contributed by atoms with E-state index in [-0.39, 0.29) is 18.1 Å². The topological polar surface area (TPSA) is 61.6 Å². The van der Waals surface area contributed by atoms with Gasteiger partial charge in [0, 0.05) is 11.3 Å². The van der Waals surface area contributed by atoms with Gasteiger partial charge < -0.3 is 14.7 Å². The molecule has 0 aromatic rings. The molecule has 8 heteroatoms. The van der Waals surface area contributed by atoms with E-state index in [0.717, 1.165) is 18.1 Å². The summed E-state index contributed by atoms with van der Waals surface area (Å²) < 4.78 is 49.0. The summed E-state index contributed by atoms with van der Waals surface area (Å²) in [5.74, 6) is -0.221. The first-order valence-electron chi connectivity index (χ1n) is 8.61. The monoisotopic (exact) mass is 415 g/mol. The number of ketones is 1. The fourth-order valence-corrected chi connectivity index (χ4v) is 2.72. The maximum atomic E-state index is 12.8. The molecule has 28 heavy (non-hydrogen) atoms. The molecule has 0 saturated carbocycles. The molecule has 0 fully saturated rings. The minimum absolute atomic E-state index is 0.117. The summed E-state index contributed by atoms with van der Waals surface area (Å²) in [6.45, 7) is 6.47. The highest BCUT2D eigenvalue weighted by molar-refractivity contribution is 7.94. The molecule has 0 aromatic carbocycles. The van der Waals surface area contributed by atoms with Gasteiger partial charge in [-0.15, -0.1) is 0 Å². The van der Waals surface area contributed by atoms with Crippen LogP contribution in [0.2, 0.25) is 0 Å². The Morgan fingerprint density at radius 3 is 2.64 bits per heavy atom. The number of hydrogen-bond donors (Lipinski definition) is 1. The van der Waals surface area contributed by atoms with Gasteiger partial charge in [0.2, 0.25) is 17.4 Å². The molecule has 2 N–H and O–H groups in total. The van der Waals surface area contributed by atoms with Crippen molar-refractivity contribution in [1.29, 1.82) is 0 Å². The van der Waals surface area contributed by atoms with E-state index < -0.39 is 23.6 Å². The first-order chi connectivity index (χ1) is 13.2. The second-order valence-electron chi connectivity index (χ2n) is 5.75. The number of halogens is 3. The molecule has 1 aliphatic rings. The molecule has 0 bridgehead atoms. The summed E-state index contributed by atoms with van der Waals surface area (Å²) in [5.41, 5.74) is 5.30. The highest BCUT2D eigenvalue weighted by Crippen LogP contribution is 2.30. The van der Waals surface area contributed by atoms with Gasteiger partial charge >= 0.3 is 6.18 Å². The molecule has 4 nitrogen and oxygen atoms in total. The lowest BCUT2D eigenvalue weighted by atomic mass is 10.1. The third-order valence-electron chi connectivity index (χ3n) is 3.64. The van der Waals surface area contributed by atoms with E-state index in [4.69, 9.17) is 14.7 Å². The predicted octanol–water partition coefficient (Wildman–Crippen LogP) is 5.28. The highest BCUT2D eigenvalue weighted by Gasteiger charge is 2.37. The van der Waals surface area contributed by atoms with Crippen LogP contribution in [0.15, 0.2) is 71.9 Å². The number of allylic oxidation sites excluding steroid dienone is 8. The van der Waals surface area contributed by atoms with Gasteiger partial charge in [-0.1, -0.05) is 56.0 Å². The van der Waals surface area contributed by atoms with Gasteiger partial charge in [-0.2, -0.15) is 13.2 Å². The Morgan fingerprint density at radius 1 is 1.32 bits per heavy atom. The average molecular weight is 415 g/mol. The number of nitrogens with two attached hydrogens (primary N) is 1. The summed E-state index contributed by atoms with van der Waals surface area (Å²) >= 11 is 1.05. The number of rotatable bonds is 10. The molecule has 0 spiro atoms. The Kier molecular flexibility index (Phi) is 9.72. The molecule has 1 heterocycles. The van der Waals surface area contributed by atoms with Gasteiger partial charge in [-0.25, -0.2) is 0 Å². The maximum Gasteiger partial charge on any atom is 0.412 e. The van der Waals surface area contributed by atoms with Crippen molar-refractivity contribution in [1.82, 2.24) is 0 Å². The van der Waals surface area contributed by atoms with E-state index in [1.165, 1.54) is 19.9 Å². The minimum Gasteiger partial charge on any atom is -0.460 e. The fourth-order valence-electron chi connectivity index (χ4n) is 2.12. The van der Waals surface area contributed by atoms with Crippen LogP contribution in [-0.2, 0) is 13.7 Å². The van der Waals surface area contributed by atoms with Gasteiger partial charge in [-0.05, 0) is 25.3 Å². The van der Waals surface area contributed by atoms with E-state index in [1.54, 1.807) is 12.2 Å². The van der Waals surface area contributed by atoms with E-state index in [2.05, 4.69) is 6.58 Å². The third-order valence-corrected chi connectivity index (χ3v) is 4.33. The van der Waals surface area contributed by atoms with Crippen molar-refractivity contribution in [3.63, 3.8) is 0 Å². The first kappa shape index (κ1) is 23.7. The van der Waals surface area contributed by atoms with Crippen LogP contribution in [0.25, 0.3) is 0 Å². The van der Waals surface area contributed by atoms with E-state index in [0.29, 0.717) is 17.7 Å². The molecule has 1 aliphatic heterocycles. The molecule has 1 rings (SSSR count). The number of ether oxygens (including phenoxy) is 1. The molecule has 1 atom stereocenters. The fraction of sp³-hybridized carbons (Fsp3) is 0.350. The lowest BCUT2D eigenvalue weighted by Crippen LogP contribution is -2.20. The molecular weight excluding hydrogens is 391 g/mol. The van der Waals surface area contributed by atoms with Crippen LogP contribution in [0, 0.1) is 0 Å². The van der Waals surface area contributed by atoms with Crippen molar-refractivity contribution >= 4 is 17.8 Å². The summed E-state index contributed by atoms with van der Waals surface area (Å²) in [6, 6.07) is 0. The van der Waals surface area contributed by atoms with E-state index in [1.807, 2.05) is 18.2 Å². The lowest BCUT2D eigenvalue weighted by Gasteiger charge is -2.11. The van der Waals surface area contributed by atoms with Crippen LogP contribution >= 0.6 is 12.0 Å². The zero-order valence-corrected chi connectivity index (χ0v) is 16.6. The van der Waals surface area contributed by atoms with Crippen molar-refractivity contribution in [3.05, 3.63) is 71.9 Å². The second kappa shape index (κ2) is 11.5. The maximum absolute atomic E-state index is 12.8. The standard InChI is InChI=1S/C20H24F3NO3S/c1-4-6-7-8-9-10-13-28-27-18-16(25)17(26-19(18)24)14(3)11-12-15(5-2)20(21,22)23/h4,6-9,11-12,17H,1,5,10,13,24H2,2-3H3/b7-6-,9-8-,14-11+,15-12+. The van der Waals surface area contributed by atoms with Crippen LogP contribution in [0.1, 0.15) is 26.7 Å². The molecule has 1 unspecified atom stereocenters. The van der Waals surface area contributed by atoms with Crippen molar-refractivity contribution in [2.24, 2.45) is 5.73 Å². The molecule has 0 amide bonds. The van der Waals surface area contributed by atoms with Crippen molar-refractivity contribution in [3.8, 4) is 0 Å². The van der Waals surface area contributed by atoms with Gasteiger partial charge in [0.1, 0.15) is 0 Å². The Balaban J connectivity index is 2.63. The SMILES string of the molecule is C=C/C=C\C=C/CCSOC1=C(N)OC(/C(C)=C/C=C(\CC)C(F)(F)F)C1=O. The van der Waals surface area contributed by atoms with Gasteiger partial charge in [0.05, 0.1) is 12.0 Å². The van der Waals surface area contributed by atoms with Crippen LogP contribution in [-0.4, -0.2) is 23.8 Å². The Labute approximate surface area is 167 Å². The zero-order valence-electron chi connectivity index (χ0n) is 15.8. The quantitative estimate of drug-likeness (QED) is 0.299. The van der Waals surface area contributed by atoms with Crippen LogP contribution in [0.4, 0.5) is 13.2 Å². The summed E-state index contributed by atoms with van der Waals surface area (Å²) in [7, 11) is 0. The normalized spacial score (nSPS) is 19.0. The lowest BCUT2D eigenvalue weighted by molar-refractivity contribution is -0.121. The Bertz CT molecular complexity index is 719. The van der Waals surface area contributed by atoms with Gasteiger partial charge in [0.15, 0.2) is 6.10 Å². The number of Topliss-reactive ketones (excluding diaryl/α,β-unsaturated/α-hetero) is 1. The second-order valence-corrected chi connectivity index (χ2v) is 6.56. The van der Waals surface area contributed by atoms with Crippen LogP contribution in [0.3, 0.4) is 0 Å². The predicted molar refractivity (Wildman–Crippen MR) is 106 cm³/mol. The van der Waals surface area contributed by atoms with Crippen molar-refractivity contribution in [2.45, 2.75) is 39.0 Å². The Morgan fingerprint density at radius 2 is 2.04 bits per heavy atom. The van der Waals surface area contributed by atoms with Crippen molar-refractivity contribution in [2.75, 3.05) is 5.75 Å². The molecule has 154 valence electrons. The number of carbonyl (C=O) groups is 1. The largest absolute Gasteiger partial charge is 0.460 e. The van der Waals surface area contributed by atoms with Gasteiger partial charge in [0.25, 0.3) is 0 Å². The molecule has 0 aliphatic carbocycles. The molecule has 0 saturated heterocycles. The van der Waals surface area contributed by atoms with Gasteiger partial charge in [-0.3, -0.25) is 4.79 Å². The number of alkyl halides is 3. The summed E-state index contributed by atoms with van der Waals surface area (Å²) in [6.07, 6.45) is 6.30. The summed E-state index contributed by atoms with van der Waals surface area (Å²) in [4.78, 5) is 12.4. The van der Waals surface area contributed by atoms with Crippen LogP contribution in [0.5, 0.6) is 0 Å². The minimum atomic E-state index is -4.41. The molecular formula is C20H24F3NO3S. The molecule has 0 radical (unpaired) electrons. The number of hydrogen-bond acceptors (Lipinski definition) is 5. The van der Waals surface area contributed by atoms with E-state index in [9.17, 15) is 18.0 Å². The highest BCUT2D eigenvalue weighted by atomic mass is 32.2. The first-order valence-corrected chi connectivity index (χ1v) is 9.52. The Hall–Kier alpha value is -2.35. The van der Waals surface area contributed by atoms with Crippen molar-refractivity contribution < 1.29 is 26.9 Å². The average Bonchev–Trinajstić information content (AvgIpc) is 2.91. The number of carbonyl (C=O) groups excluding carboxylic acids is 1. The summed E-state index contributed by atoms with van der Waals surface area (Å²) in [5, 5.41) is 0. The van der Waals surface area contributed by atoms with E-state index >= 15 is 0 Å². The van der Waals surface area contributed by atoms with Crippen LogP contribution < -0.4 is 5.73 Å².